The number of ether oxygens (including phenoxy) is 1. The van der Waals surface area contributed by atoms with Gasteiger partial charge in [-0.2, -0.15) is 0 Å². The van der Waals surface area contributed by atoms with Crippen molar-refractivity contribution in [1.82, 2.24) is 10.6 Å². The quantitative estimate of drug-likeness (QED) is 0.0608. The number of aromatic hydroxyl groups is 1. The maximum absolute atomic E-state index is 15.3. The number of β-amino-alcohol motifs (C(OH)–C–C–N with tert-alkyl or cyclic N) is 1. The van der Waals surface area contributed by atoms with Crippen LogP contribution in [0.4, 0.5) is 0 Å². The van der Waals surface area contributed by atoms with Crippen LogP contribution in [0, 0.1) is 40.9 Å². The van der Waals surface area contributed by atoms with Gasteiger partial charge in [-0.05, 0) is 158 Å². The number of carbonyl (C=O) groups is 2. The molecule has 0 aromatic heterocycles. The summed E-state index contributed by atoms with van der Waals surface area (Å²) in [5.74, 6) is 3.68. The first-order chi connectivity index (χ1) is 38.4. The van der Waals surface area contributed by atoms with E-state index in [4.69, 9.17) is 21.9 Å². The lowest BCUT2D eigenvalue weighted by atomic mass is 9.51. The number of guanidine groups is 1. The summed E-state index contributed by atoms with van der Waals surface area (Å²) in [7, 11) is 0. The molecule has 4 bridgehead atoms. The molecule has 80 heavy (non-hydrogen) atoms. The molecule has 9 rings (SSSR count). The van der Waals surface area contributed by atoms with Crippen molar-refractivity contribution in [2.45, 2.75) is 145 Å². The Kier molecular flexibility index (Phi) is 18.5. The molecule has 1 spiro atoms. The third-order valence-electron chi connectivity index (χ3n) is 18.7. The molecule has 15 nitrogen and oxygen atoms in total. The molecule has 0 saturated heterocycles. The van der Waals surface area contributed by atoms with E-state index in [-0.39, 0.29) is 56.1 Å². The third-order valence-corrected chi connectivity index (χ3v) is 18.7. The van der Waals surface area contributed by atoms with E-state index in [1.165, 1.54) is 0 Å². The number of aliphatic hydroxyl groups is 5. The first-order valence-corrected chi connectivity index (χ1v) is 28.6. The number of Topliss-reactive ketones (excluding diaryl/α,β-unsaturated/α-hetero) is 1. The Morgan fingerprint density at radius 3 is 2.50 bits per heavy atom. The topological polar surface area (TPSA) is 279 Å². The monoisotopic (exact) mass is 1090 g/mol. The van der Waals surface area contributed by atoms with Crippen molar-refractivity contribution < 1.29 is 45.0 Å². The summed E-state index contributed by atoms with van der Waals surface area (Å²) in [6.07, 6.45) is 8.39. The molecular weight excluding hydrogens is 1010 g/mol. The minimum atomic E-state index is -1.30. The van der Waals surface area contributed by atoms with Crippen LogP contribution in [0.15, 0.2) is 130 Å². The fourth-order valence-electron chi connectivity index (χ4n) is 14.6. The van der Waals surface area contributed by atoms with Crippen molar-refractivity contribution in [1.29, 1.82) is 0 Å². The number of carbonyl (C=O) groups excluding carboxylic acids is 2. The van der Waals surface area contributed by atoms with Gasteiger partial charge in [0, 0.05) is 43.2 Å². The zero-order chi connectivity index (χ0) is 56.9. The number of nitrogens with two attached hydrogens (primary N) is 3. The van der Waals surface area contributed by atoms with Gasteiger partial charge in [-0.1, -0.05) is 115 Å². The van der Waals surface area contributed by atoms with E-state index < -0.39 is 77.2 Å². The number of phenols is 1. The second-order valence-electron chi connectivity index (χ2n) is 23.6. The van der Waals surface area contributed by atoms with E-state index in [2.05, 4.69) is 34.0 Å². The second-order valence-corrected chi connectivity index (χ2v) is 23.6. The van der Waals surface area contributed by atoms with Crippen LogP contribution < -0.4 is 27.8 Å². The van der Waals surface area contributed by atoms with E-state index in [1.807, 2.05) is 74.5 Å². The summed E-state index contributed by atoms with van der Waals surface area (Å²) in [6, 6.07) is 19.1. The SMILES string of the molecule is C=C1C=CC=C(C2C3CCCC4(O)CCC5=C(C)C(=O)Cc6cccc7c6C(NCC(O)C(C(CN=C(N)N)c6ccc(O)cc6)Cc6cccc(c6)CC(O)CCC5C4(C3)C2O)C(=O)NC7N)COCC#CCC(C)=CCC1O. The van der Waals surface area contributed by atoms with Crippen LogP contribution in [0.5, 0.6) is 5.75 Å². The molecule has 3 fully saturated rings. The largest absolute Gasteiger partial charge is 0.508 e. The molecule has 13 unspecified atom stereocenters. The summed E-state index contributed by atoms with van der Waals surface area (Å²) in [6.45, 7) is 8.41. The van der Waals surface area contributed by atoms with Gasteiger partial charge in [0.15, 0.2) is 11.7 Å². The summed E-state index contributed by atoms with van der Waals surface area (Å²) in [5, 5.41) is 79.1. The fraction of sp³-hybridized carbons (Fsp3) is 0.492. The number of amides is 1. The average molecular weight is 1090 g/mol. The van der Waals surface area contributed by atoms with Gasteiger partial charge in [0.25, 0.3) is 0 Å². The van der Waals surface area contributed by atoms with Gasteiger partial charge in [-0.25, -0.2) is 0 Å². The molecule has 13 atom stereocenters. The smallest absolute Gasteiger partial charge is 0.243 e. The zero-order valence-corrected chi connectivity index (χ0v) is 46.3. The van der Waals surface area contributed by atoms with Crippen molar-refractivity contribution in [3.63, 3.8) is 0 Å². The van der Waals surface area contributed by atoms with Crippen LogP contribution in [-0.2, 0) is 33.6 Å². The Morgan fingerprint density at radius 2 is 1.73 bits per heavy atom. The minimum absolute atomic E-state index is 0.0498. The van der Waals surface area contributed by atoms with Gasteiger partial charge in [0.05, 0.1) is 36.6 Å². The molecule has 14 N–H and O–H groups in total. The van der Waals surface area contributed by atoms with Crippen molar-refractivity contribution >= 4 is 17.6 Å². The first kappa shape index (κ1) is 58.5. The lowest BCUT2D eigenvalue weighted by Crippen LogP contribution is -2.61. The molecule has 3 aliphatic carbocycles. The second kappa shape index (κ2) is 25.3. The van der Waals surface area contributed by atoms with Crippen molar-refractivity contribution in [3.8, 4) is 17.6 Å². The van der Waals surface area contributed by atoms with Crippen LogP contribution in [0.1, 0.15) is 130 Å². The molecule has 3 aliphatic heterocycles. The predicted molar refractivity (Wildman–Crippen MR) is 309 cm³/mol. The Labute approximate surface area is 470 Å². The van der Waals surface area contributed by atoms with Gasteiger partial charge in [-0.15, -0.1) is 0 Å². The highest BCUT2D eigenvalue weighted by molar-refractivity contribution is 5.98. The summed E-state index contributed by atoms with van der Waals surface area (Å²) < 4.78 is 6.28. The van der Waals surface area contributed by atoms with Crippen LogP contribution in [-0.4, -0.2) is 105 Å². The molecule has 15 heteroatoms. The molecule has 426 valence electrons. The molecule has 3 saturated carbocycles. The number of benzene rings is 3. The average Bonchev–Trinajstić information content (AvgIpc) is 3.65. The predicted octanol–water partition coefficient (Wildman–Crippen LogP) is 5.98. The Hall–Kier alpha value is -6.19. The Balaban J connectivity index is 1.13. The number of aliphatic imine (C=N–C) groups is 1. The first-order valence-electron chi connectivity index (χ1n) is 28.6. The fourth-order valence-corrected chi connectivity index (χ4v) is 14.6. The molecule has 6 aliphatic rings. The molecule has 1 amide bonds. The summed E-state index contributed by atoms with van der Waals surface area (Å²) in [4.78, 5) is 33.9. The molecule has 3 aromatic carbocycles. The standard InChI is InChI=1S/C65H82N6O9/c1-38-10-4-5-29-80-37-46(15-6-11-39(2)54(74)25-18-38)57-45-16-9-27-64(79)28-26-49-40(3)55(75)33-44-14-8-17-50-58(44)59(62(78)71-61(50)66)69-36-56(76)51(52(35-70-63(67)68)43-19-21-47(72)22-20-43)32-42-13-7-12-41(30-42)31-48(73)23-24-53(49)65(64,34-45)60(57)77/h6-8,11-15,17-22,30,45,48,51-54,56-57,59-61,69,72-74,76-77,79H,2,9-10,16,23-29,31-37,66H2,1,3H3,(H,71,78)(H4,67,68,70). The maximum Gasteiger partial charge on any atom is 0.243 e. The molecule has 3 heterocycles. The van der Waals surface area contributed by atoms with Gasteiger partial charge in [-0.3, -0.25) is 19.9 Å². The van der Waals surface area contributed by atoms with E-state index in [9.17, 15) is 35.4 Å². The number of fused-ring (bicyclic) bond motifs is 4. The number of nitrogens with one attached hydrogen (secondary N) is 2. The molecular formula is C65H82N6O9. The summed E-state index contributed by atoms with van der Waals surface area (Å²) in [5.41, 5.74) is 24.2. The van der Waals surface area contributed by atoms with Crippen molar-refractivity contribution in [2.75, 3.05) is 26.3 Å². The molecule has 3 aromatic rings. The van der Waals surface area contributed by atoms with Crippen LogP contribution in [0.3, 0.4) is 0 Å². The number of hydrogen-bond acceptors (Lipinski definition) is 12. The van der Waals surface area contributed by atoms with E-state index in [0.29, 0.717) is 92.0 Å². The normalized spacial score (nSPS) is 32.3. The zero-order valence-electron chi connectivity index (χ0n) is 46.3. The van der Waals surface area contributed by atoms with Gasteiger partial charge >= 0.3 is 0 Å². The lowest BCUT2D eigenvalue weighted by molar-refractivity contribution is -0.181. The van der Waals surface area contributed by atoms with Gasteiger partial charge in [0.2, 0.25) is 5.91 Å². The third kappa shape index (κ3) is 12.5. The van der Waals surface area contributed by atoms with Crippen molar-refractivity contribution in [3.05, 3.63) is 159 Å². The highest BCUT2D eigenvalue weighted by atomic mass is 16.5. The van der Waals surface area contributed by atoms with E-state index in [1.54, 1.807) is 30.3 Å². The Morgan fingerprint density at radius 1 is 0.963 bits per heavy atom. The number of rotatable bonds is 5. The highest BCUT2D eigenvalue weighted by Gasteiger charge is 2.69. The number of aliphatic hydroxyl groups excluding tert-OH is 4. The number of allylic oxidation sites excluding steroid dienone is 5. The van der Waals surface area contributed by atoms with Crippen LogP contribution in [0.25, 0.3) is 0 Å². The van der Waals surface area contributed by atoms with E-state index in [0.717, 1.165) is 46.3 Å². The van der Waals surface area contributed by atoms with Crippen molar-refractivity contribution in [2.24, 2.45) is 51.3 Å². The van der Waals surface area contributed by atoms with Crippen LogP contribution in [0.2, 0.25) is 0 Å². The Bertz CT molecular complexity index is 3000. The van der Waals surface area contributed by atoms with Crippen LogP contribution >= 0.6 is 0 Å². The lowest BCUT2D eigenvalue weighted by Gasteiger charge is -2.57. The molecule has 0 radical (unpaired) electrons. The van der Waals surface area contributed by atoms with Gasteiger partial charge < -0.3 is 57.9 Å². The minimum Gasteiger partial charge on any atom is -0.508 e. The number of phenolic OH excluding ortho intramolecular Hbond substituents is 1. The highest BCUT2D eigenvalue weighted by Crippen LogP contribution is 2.68. The van der Waals surface area contributed by atoms with Gasteiger partial charge in [0.1, 0.15) is 24.6 Å². The number of nitrogens with zero attached hydrogens (tertiary/aromatic N) is 1. The number of hydrogen-bond donors (Lipinski definition) is 11. The number of ketones is 1. The summed E-state index contributed by atoms with van der Waals surface area (Å²) >= 11 is 0. The van der Waals surface area contributed by atoms with E-state index >= 15 is 4.79 Å². The maximum atomic E-state index is 15.3.